The minimum absolute atomic E-state index is 0.00755. The fraction of sp³-hybridized carbons (Fsp3) is 0.579. The van der Waals surface area contributed by atoms with Gasteiger partial charge in [0.15, 0.2) is 0 Å². The first-order chi connectivity index (χ1) is 13.4. The minimum atomic E-state index is -5.00. The van der Waals surface area contributed by atoms with Gasteiger partial charge >= 0.3 is 18.3 Å². The Morgan fingerprint density at radius 3 is 1.97 bits per heavy atom. The van der Waals surface area contributed by atoms with Crippen molar-refractivity contribution >= 4 is 11.9 Å². The van der Waals surface area contributed by atoms with Crippen LogP contribution in [0.4, 0.5) is 26.3 Å². The molecule has 0 unspecified atom stereocenters. The van der Waals surface area contributed by atoms with Crippen LogP contribution in [0.3, 0.4) is 0 Å². The van der Waals surface area contributed by atoms with Crippen molar-refractivity contribution in [3.63, 3.8) is 0 Å². The number of methoxy groups -OCH3 is 1. The predicted octanol–water partition coefficient (Wildman–Crippen LogP) is 4.89. The van der Waals surface area contributed by atoms with Gasteiger partial charge in [-0.2, -0.15) is 26.3 Å². The number of nitrogens with one attached hydrogen (secondary N) is 1. The largest absolute Gasteiger partial charge is 0.467 e. The zero-order chi connectivity index (χ0) is 22.2. The van der Waals surface area contributed by atoms with E-state index in [9.17, 15) is 35.9 Å². The van der Waals surface area contributed by atoms with Crippen molar-refractivity contribution in [1.29, 1.82) is 0 Å². The molecule has 0 fully saturated rings. The number of ether oxygens (including phenoxy) is 1. The van der Waals surface area contributed by atoms with E-state index in [1.807, 2.05) is 6.92 Å². The number of amides is 1. The quantitative estimate of drug-likeness (QED) is 0.347. The third kappa shape index (κ3) is 8.33. The van der Waals surface area contributed by atoms with Gasteiger partial charge in [-0.3, -0.25) is 4.79 Å². The van der Waals surface area contributed by atoms with E-state index in [1.54, 1.807) is 0 Å². The molecule has 1 N–H and O–H groups in total. The number of benzene rings is 1. The van der Waals surface area contributed by atoms with E-state index in [0.717, 1.165) is 26.4 Å². The van der Waals surface area contributed by atoms with Crippen LogP contribution < -0.4 is 5.32 Å². The average molecular weight is 427 g/mol. The third-order valence-corrected chi connectivity index (χ3v) is 4.18. The first kappa shape index (κ1) is 24.8. The van der Waals surface area contributed by atoms with E-state index in [4.69, 9.17) is 0 Å². The van der Waals surface area contributed by atoms with Crippen LogP contribution >= 0.6 is 0 Å². The monoisotopic (exact) mass is 427 g/mol. The van der Waals surface area contributed by atoms with Gasteiger partial charge in [-0.05, 0) is 30.2 Å². The Morgan fingerprint density at radius 2 is 1.52 bits per heavy atom. The second-order valence-electron chi connectivity index (χ2n) is 6.58. The number of alkyl halides is 6. The maximum absolute atomic E-state index is 12.9. The molecule has 0 bridgehead atoms. The smallest absolute Gasteiger partial charge is 0.416 e. The zero-order valence-corrected chi connectivity index (χ0v) is 16.0. The van der Waals surface area contributed by atoms with Crippen LogP contribution in [0.2, 0.25) is 0 Å². The van der Waals surface area contributed by atoms with Crippen LogP contribution in [-0.2, 0) is 33.1 Å². The highest BCUT2D eigenvalue weighted by Crippen LogP contribution is 2.36. The van der Waals surface area contributed by atoms with Crippen molar-refractivity contribution in [2.24, 2.45) is 0 Å². The number of carbonyl (C=O) groups excluding carboxylic acids is 2. The molecule has 1 amide bonds. The number of carbonyl (C=O) groups is 2. The molecule has 0 aromatic heterocycles. The van der Waals surface area contributed by atoms with Crippen LogP contribution in [0.15, 0.2) is 18.2 Å². The molecular formula is C19H23F6NO3. The highest BCUT2D eigenvalue weighted by Gasteiger charge is 2.37. The average Bonchev–Trinajstić information content (AvgIpc) is 2.61. The molecule has 0 aliphatic heterocycles. The van der Waals surface area contributed by atoms with E-state index in [-0.39, 0.29) is 12.5 Å². The normalized spacial score (nSPS) is 13.1. The van der Waals surface area contributed by atoms with Gasteiger partial charge in [0.2, 0.25) is 5.91 Å². The standard InChI is InChI=1S/C19H23F6NO3/c1-3-4-5-6-7-15(17(28)29-2)26-16(27)10-12-8-13(18(20,21)22)11-14(9-12)19(23,24)25/h8-9,11,15H,3-7,10H2,1-2H3,(H,26,27)/t15-/m1/s1. The highest BCUT2D eigenvalue weighted by atomic mass is 19.4. The summed E-state index contributed by atoms with van der Waals surface area (Å²) < 4.78 is 82.0. The third-order valence-electron chi connectivity index (χ3n) is 4.18. The van der Waals surface area contributed by atoms with Gasteiger partial charge < -0.3 is 10.1 Å². The SMILES string of the molecule is CCCCCC[C@@H](NC(=O)Cc1cc(C(F)(F)F)cc(C(F)(F)F)c1)C(=O)OC. The van der Waals surface area contributed by atoms with Gasteiger partial charge in [-0.1, -0.05) is 32.6 Å². The van der Waals surface area contributed by atoms with Crippen LogP contribution in [0.25, 0.3) is 0 Å². The molecule has 0 aliphatic carbocycles. The van der Waals surface area contributed by atoms with Crippen molar-refractivity contribution in [3.8, 4) is 0 Å². The van der Waals surface area contributed by atoms with Gasteiger partial charge in [0.05, 0.1) is 24.7 Å². The molecule has 1 aromatic carbocycles. The lowest BCUT2D eigenvalue weighted by atomic mass is 10.0. The summed E-state index contributed by atoms with van der Waals surface area (Å²) in [6.07, 6.45) is -7.19. The first-order valence-corrected chi connectivity index (χ1v) is 9.04. The van der Waals surface area contributed by atoms with E-state index in [2.05, 4.69) is 10.1 Å². The summed E-state index contributed by atoms with van der Waals surface area (Å²) in [7, 11) is 1.12. The molecule has 0 saturated carbocycles. The van der Waals surface area contributed by atoms with Crippen molar-refractivity contribution in [2.75, 3.05) is 7.11 Å². The minimum Gasteiger partial charge on any atom is -0.467 e. The lowest BCUT2D eigenvalue weighted by Gasteiger charge is -2.17. The van der Waals surface area contributed by atoms with Crippen LogP contribution in [0, 0.1) is 0 Å². The fourth-order valence-electron chi connectivity index (χ4n) is 2.72. The Morgan fingerprint density at radius 1 is 0.966 bits per heavy atom. The Labute approximate surface area is 164 Å². The molecule has 1 atom stereocenters. The lowest BCUT2D eigenvalue weighted by Crippen LogP contribution is -2.42. The molecule has 1 rings (SSSR count). The number of rotatable bonds is 9. The topological polar surface area (TPSA) is 55.4 Å². The molecule has 164 valence electrons. The summed E-state index contributed by atoms with van der Waals surface area (Å²) in [4.78, 5) is 24.0. The summed E-state index contributed by atoms with van der Waals surface area (Å²) in [5.41, 5.74) is -3.46. The molecular weight excluding hydrogens is 404 g/mol. The van der Waals surface area contributed by atoms with Gasteiger partial charge in [-0.15, -0.1) is 0 Å². The molecule has 0 saturated heterocycles. The van der Waals surface area contributed by atoms with Crippen LogP contribution in [0.5, 0.6) is 0 Å². The number of hydrogen-bond acceptors (Lipinski definition) is 3. The van der Waals surface area contributed by atoms with Crippen LogP contribution in [0.1, 0.15) is 55.7 Å². The molecule has 0 spiro atoms. The Bertz CT molecular complexity index is 668. The van der Waals surface area contributed by atoms with Gasteiger partial charge in [-0.25, -0.2) is 4.79 Å². The summed E-state index contributed by atoms with van der Waals surface area (Å²) in [6, 6.07) is -0.0454. The molecule has 10 heteroatoms. The van der Waals surface area contributed by atoms with Crippen molar-refractivity contribution < 1.29 is 40.7 Å². The maximum atomic E-state index is 12.9. The Hall–Kier alpha value is -2.26. The summed E-state index contributed by atoms with van der Waals surface area (Å²) >= 11 is 0. The number of esters is 1. The molecule has 29 heavy (non-hydrogen) atoms. The lowest BCUT2D eigenvalue weighted by molar-refractivity contribution is -0.145. The number of halogens is 6. The van der Waals surface area contributed by atoms with Gasteiger partial charge in [0, 0.05) is 0 Å². The maximum Gasteiger partial charge on any atom is 0.416 e. The molecule has 0 heterocycles. The fourth-order valence-corrected chi connectivity index (χ4v) is 2.72. The summed E-state index contributed by atoms with van der Waals surface area (Å²) in [5, 5.41) is 2.33. The Kier molecular flexibility index (Phi) is 8.97. The summed E-state index contributed by atoms with van der Waals surface area (Å²) in [6.45, 7) is 1.99. The highest BCUT2D eigenvalue weighted by molar-refractivity contribution is 5.85. The molecule has 4 nitrogen and oxygen atoms in total. The first-order valence-electron chi connectivity index (χ1n) is 9.04. The molecule has 0 aliphatic rings. The Balaban J connectivity index is 2.96. The van der Waals surface area contributed by atoms with Crippen molar-refractivity contribution in [3.05, 3.63) is 34.9 Å². The number of unbranched alkanes of at least 4 members (excludes halogenated alkanes) is 3. The van der Waals surface area contributed by atoms with Gasteiger partial charge in [0.1, 0.15) is 6.04 Å². The number of hydrogen-bond donors (Lipinski definition) is 1. The van der Waals surface area contributed by atoms with E-state index < -0.39 is 53.4 Å². The zero-order valence-electron chi connectivity index (χ0n) is 16.0. The molecule has 0 radical (unpaired) electrons. The van der Waals surface area contributed by atoms with Crippen molar-refractivity contribution in [1.82, 2.24) is 5.32 Å². The van der Waals surface area contributed by atoms with Gasteiger partial charge in [0.25, 0.3) is 0 Å². The second-order valence-corrected chi connectivity index (χ2v) is 6.58. The second kappa shape index (κ2) is 10.5. The molecule has 1 aromatic rings. The van der Waals surface area contributed by atoms with Crippen molar-refractivity contribution in [2.45, 2.75) is 63.8 Å². The predicted molar refractivity (Wildman–Crippen MR) is 92.9 cm³/mol. The summed E-state index contributed by atoms with van der Waals surface area (Å²) in [5.74, 6) is -1.60. The van der Waals surface area contributed by atoms with Crippen LogP contribution in [-0.4, -0.2) is 25.0 Å². The van der Waals surface area contributed by atoms with E-state index >= 15 is 0 Å². The van der Waals surface area contributed by atoms with E-state index in [0.29, 0.717) is 18.6 Å². The van der Waals surface area contributed by atoms with E-state index in [1.165, 1.54) is 0 Å².